The summed E-state index contributed by atoms with van der Waals surface area (Å²) < 4.78 is 20.4. The SMILES string of the molecule is COc1ccc(OC)c(NC(=O)COC(=O)CCCC(=O)Nc2ccc(C(=O)OC(C)C)cc2)c1. The van der Waals surface area contributed by atoms with Gasteiger partial charge in [0.1, 0.15) is 11.5 Å². The molecule has 0 heterocycles. The Morgan fingerprint density at radius 2 is 1.57 bits per heavy atom. The van der Waals surface area contributed by atoms with Crippen LogP contribution in [0.25, 0.3) is 0 Å². The van der Waals surface area contributed by atoms with Gasteiger partial charge in [-0.25, -0.2) is 4.79 Å². The molecule has 188 valence electrons. The van der Waals surface area contributed by atoms with Crippen LogP contribution in [0.2, 0.25) is 0 Å². The van der Waals surface area contributed by atoms with E-state index in [2.05, 4.69) is 10.6 Å². The molecule has 35 heavy (non-hydrogen) atoms. The van der Waals surface area contributed by atoms with Crippen LogP contribution in [0.3, 0.4) is 0 Å². The van der Waals surface area contributed by atoms with Crippen molar-refractivity contribution in [2.24, 2.45) is 0 Å². The van der Waals surface area contributed by atoms with Crippen molar-refractivity contribution < 1.29 is 38.1 Å². The molecular formula is C25H30N2O8. The second kappa shape index (κ2) is 13.6. The zero-order valence-electron chi connectivity index (χ0n) is 20.2. The Morgan fingerprint density at radius 3 is 2.20 bits per heavy atom. The number of carbonyl (C=O) groups excluding carboxylic acids is 4. The number of nitrogens with one attached hydrogen (secondary N) is 2. The van der Waals surface area contributed by atoms with Gasteiger partial charge >= 0.3 is 11.9 Å². The van der Waals surface area contributed by atoms with Crippen LogP contribution in [0.4, 0.5) is 11.4 Å². The van der Waals surface area contributed by atoms with E-state index in [1.54, 1.807) is 56.3 Å². The minimum Gasteiger partial charge on any atom is -0.497 e. The maximum Gasteiger partial charge on any atom is 0.338 e. The van der Waals surface area contributed by atoms with Crippen LogP contribution in [0, 0.1) is 0 Å². The zero-order chi connectivity index (χ0) is 25.8. The fourth-order valence-electron chi connectivity index (χ4n) is 2.90. The lowest BCUT2D eigenvalue weighted by Crippen LogP contribution is -2.21. The standard InChI is InChI=1S/C25H30N2O8/c1-16(2)35-25(31)17-8-10-18(11-9-17)26-22(28)6-5-7-24(30)34-15-23(29)27-20-14-19(32-3)12-13-21(20)33-4/h8-14,16H,5-7,15H2,1-4H3,(H,26,28)(H,27,29). The van der Waals surface area contributed by atoms with E-state index in [1.165, 1.54) is 14.2 Å². The molecule has 0 aromatic heterocycles. The molecule has 0 saturated heterocycles. The molecule has 0 bridgehead atoms. The average molecular weight is 487 g/mol. The molecular weight excluding hydrogens is 456 g/mol. The highest BCUT2D eigenvalue weighted by Gasteiger charge is 2.13. The van der Waals surface area contributed by atoms with Crippen LogP contribution in [-0.4, -0.2) is 50.7 Å². The second-order valence-electron chi connectivity index (χ2n) is 7.71. The molecule has 2 N–H and O–H groups in total. The van der Waals surface area contributed by atoms with Crippen LogP contribution in [0.1, 0.15) is 43.5 Å². The van der Waals surface area contributed by atoms with Gasteiger partial charge in [-0.3, -0.25) is 14.4 Å². The Bertz CT molecular complexity index is 1030. The molecule has 0 radical (unpaired) electrons. The average Bonchev–Trinajstić information content (AvgIpc) is 2.82. The van der Waals surface area contributed by atoms with Crippen molar-refractivity contribution in [1.82, 2.24) is 0 Å². The Hall–Kier alpha value is -4.08. The summed E-state index contributed by atoms with van der Waals surface area (Å²) in [5.74, 6) is -0.907. The molecule has 2 rings (SSSR count). The van der Waals surface area contributed by atoms with Crippen LogP contribution < -0.4 is 20.1 Å². The number of anilines is 2. The van der Waals surface area contributed by atoms with Crippen LogP contribution in [0.5, 0.6) is 11.5 Å². The molecule has 0 atom stereocenters. The highest BCUT2D eigenvalue weighted by molar-refractivity contribution is 5.95. The van der Waals surface area contributed by atoms with Gasteiger partial charge in [0.15, 0.2) is 6.61 Å². The van der Waals surface area contributed by atoms with E-state index >= 15 is 0 Å². The third-order valence-electron chi connectivity index (χ3n) is 4.58. The fraction of sp³-hybridized carbons (Fsp3) is 0.360. The van der Waals surface area contributed by atoms with Crippen molar-refractivity contribution in [3.8, 4) is 11.5 Å². The van der Waals surface area contributed by atoms with Gasteiger partial charge in [0.2, 0.25) is 5.91 Å². The molecule has 2 aromatic rings. The topological polar surface area (TPSA) is 129 Å². The van der Waals surface area contributed by atoms with E-state index in [1.807, 2.05) is 0 Å². The smallest absolute Gasteiger partial charge is 0.338 e. The number of hydrogen-bond acceptors (Lipinski definition) is 8. The number of carbonyl (C=O) groups is 4. The van der Waals surface area contributed by atoms with E-state index in [0.717, 1.165) is 0 Å². The lowest BCUT2D eigenvalue weighted by molar-refractivity contribution is -0.147. The molecule has 0 aliphatic rings. The van der Waals surface area contributed by atoms with E-state index in [0.29, 0.717) is 28.4 Å². The van der Waals surface area contributed by atoms with Crippen LogP contribution >= 0.6 is 0 Å². The van der Waals surface area contributed by atoms with Gasteiger partial charge < -0.3 is 29.6 Å². The summed E-state index contributed by atoms with van der Waals surface area (Å²) >= 11 is 0. The molecule has 0 fully saturated rings. The van der Waals surface area contributed by atoms with Crippen molar-refractivity contribution in [3.05, 3.63) is 48.0 Å². The first-order valence-corrected chi connectivity index (χ1v) is 11.0. The zero-order valence-corrected chi connectivity index (χ0v) is 20.2. The number of hydrogen-bond donors (Lipinski definition) is 2. The Morgan fingerprint density at radius 1 is 0.857 bits per heavy atom. The summed E-state index contributed by atoms with van der Waals surface area (Å²) in [6.45, 7) is 3.05. The molecule has 0 spiro atoms. The number of amides is 2. The normalized spacial score (nSPS) is 10.3. The third-order valence-corrected chi connectivity index (χ3v) is 4.58. The number of benzene rings is 2. The van der Waals surface area contributed by atoms with Gasteiger partial charge in [-0.15, -0.1) is 0 Å². The highest BCUT2D eigenvalue weighted by Crippen LogP contribution is 2.28. The lowest BCUT2D eigenvalue weighted by atomic mass is 10.2. The largest absolute Gasteiger partial charge is 0.497 e. The Kier molecular flexibility index (Phi) is 10.5. The maximum absolute atomic E-state index is 12.1. The van der Waals surface area contributed by atoms with Crippen LogP contribution in [0.15, 0.2) is 42.5 Å². The van der Waals surface area contributed by atoms with E-state index in [-0.39, 0.29) is 31.3 Å². The van der Waals surface area contributed by atoms with E-state index in [4.69, 9.17) is 18.9 Å². The van der Waals surface area contributed by atoms with Gasteiger partial charge in [0.05, 0.1) is 31.6 Å². The Labute approximate surface area is 203 Å². The van der Waals surface area contributed by atoms with Crippen molar-refractivity contribution in [3.63, 3.8) is 0 Å². The summed E-state index contributed by atoms with van der Waals surface area (Å²) in [5, 5.41) is 5.29. The first kappa shape index (κ1) is 27.2. The van der Waals surface area contributed by atoms with E-state index < -0.39 is 24.5 Å². The quantitative estimate of drug-likeness (QED) is 0.436. The lowest BCUT2D eigenvalue weighted by Gasteiger charge is -2.12. The van der Waals surface area contributed by atoms with Crippen molar-refractivity contribution in [2.75, 3.05) is 31.5 Å². The summed E-state index contributed by atoms with van der Waals surface area (Å²) in [6.07, 6.45) is 0.0802. The van der Waals surface area contributed by atoms with Crippen LogP contribution in [-0.2, 0) is 23.9 Å². The minimum absolute atomic E-state index is 0.0246. The highest BCUT2D eigenvalue weighted by atomic mass is 16.5. The van der Waals surface area contributed by atoms with Crippen molar-refractivity contribution in [1.29, 1.82) is 0 Å². The molecule has 2 aromatic carbocycles. The van der Waals surface area contributed by atoms with Crippen molar-refractivity contribution >= 4 is 35.1 Å². The molecule has 2 amide bonds. The van der Waals surface area contributed by atoms with Gasteiger partial charge in [0, 0.05) is 24.6 Å². The molecule has 0 aliphatic heterocycles. The summed E-state index contributed by atoms with van der Waals surface area (Å²) in [4.78, 5) is 48.0. The van der Waals surface area contributed by atoms with Crippen molar-refractivity contribution in [2.45, 2.75) is 39.2 Å². The second-order valence-corrected chi connectivity index (χ2v) is 7.71. The number of ether oxygens (including phenoxy) is 4. The van der Waals surface area contributed by atoms with E-state index in [9.17, 15) is 19.2 Å². The van der Waals surface area contributed by atoms with Gasteiger partial charge in [-0.2, -0.15) is 0 Å². The predicted molar refractivity (Wildman–Crippen MR) is 129 cm³/mol. The van der Waals surface area contributed by atoms with Gasteiger partial charge in [-0.05, 0) is 56.7 Å². The van der Waals surface area contributed by atoms with Gasteiger partial charge in [0.25, 0.3) is 5.91 Å². The molecule has 0 unspecified atom stereocenters. The Balaban J connectivity index is 1.70. The molecule has 0 saturated carbocycles. The summed E-state index contributed by atoms with van der Waals surface area (Å²) in [6, 6.07) is 11.2. The maximum atomic E-state index is 12.1. The molecule has 10 heteroatoms. The van der Waals surface area contributed by atoms with Gasteiger partial charge in [-0.1, -0.05) is 0 Å². The molecule has 10 nitrogen and oxygen atoms in total. The summed E-state index contributed by atoms with van der Waals surface area (Å²) in [5.41, 5.74) is 1.28. The first-order valence-electron chi connectivity index (χ1n) is 11.0. The predicted octanol–water partition coefficient (Wildman–Crippen LogP) is 3.56. The fourth-order valence-corrected chi connectivity index (χ4v) is 2.90. The molecule has 0 aliphatic carbocycles. The third kappa shape index (κ3) is 9.36. The number of rotatable bonds is 12. The monoisotopic (exact) mass is 486 g/mol. The summed E-state index contributed by atoms with van der Waals surface area (Å²) in [7, 11) is 2.96. The number of esters is 2. The first-order chi connectivity index (χ1) is 16.7. The minimum atomic E-state index is -0.599. The number of methoxy groups -OCH3 is 2.